The van der Waals surface area contributed by atoms with Gasteiger partial charge in [0.25, 0.3) is 0 Å². The van der Waals surface area contributed by atoms with Crippen LogP contribution in [0.15, 0.2) is 0 Å². The Morgan fingerprint density at radius 3 is 2.12 bits per heavy atom. The average molecular weight is 153 g/mol. The van der Waals surface area contributed by atoms with Gasteiger partial charge in [0, 0.05) is 6.92 Å². The van der Waals surface area contributed by atoms with E-state index in [0.717, 1.165) is 6.92 Å². The predicted molar refractivity (Wildman–Crippen MR) is 28.1 cm³/mol. The number of hydrogen-bond acceptors (Lipinski definition) is 4. The van der Waals surface area contributed by atoms with Crippen LogP contribution in [0.3, 0.4) is 0 Å². The quantitative estimate of drug-likeness (QED) is 0.445. The number of amides is 1. The van der Waals surface area contributed by atoms with Crippen molar-refractivity contribution in [1.29, 1.82) is 0 Å². The highest BCUT2D eigenvalue weighted by atomic mass is 32.5. The van der Waals surface area contributed by atoms with Crippen molar-refractivity contribution in [2.45, 2.75) is 6.92 Å². The molecule has 0 aliphatic carbocycles. The largest absolute Gasteiger partial charge is 0.817 e. The number of carbonyl (C=O) groups excluding carboxylic acids is 1. The van der Waals surface area contributed by atoms with Crippen LogP contribution >= 0.6 is 6.64 Å². The van der Waals surface area contributed by atoms with Gasteiger partial charge < -0.3 is 14.9 Å². The Morgan fingerprint density at radius 1 is 1.75 bits per heavy atom. The van der Waals surface area contributed by atoms with Crippen LogP contribution in [-0.2, 0) is 16.6 Å². The van der Waals surface area contributed by atoms with Gasteiger partial charge in [-0.3, -0.25) is 4.79 Å². The van der Waals surface area contributed by atoms with Crippen LogP contribution in [-0.4, -0.2) is 5.91 Å². The first-order valence-electron chi connectivity index (χ1n) is 1.73. The minimum Gasteiger partial charge on any atom is -0.817 e. The van der Waals surface area contributed by atoms with Gasteiger partial charge >= 0.3 is 0 Å². The normalized spacial score (nSPS) is 10.9. The van der Waals surface area contributed by atoms with Gasteiger partial charge in [-0.25, -0.2) is 0 Å². The van der Waals surface area contributed by atoms with Gasteiger partial charge in [0.05, 0.1) is 0 Å². The topological polar surface area (TPSA) is 75.2 Å². The summed E-state index contributed by atoms with van der Waals surface area (Å²) in [6.07, 6.45) is 0. The fourth-order valence-corrected chi connectivity index (χ4v) is 0.964. The first kappa shape index (κ1) is 8.04. The highest BCUT2D eigenvalue weighted by molar-refractivity contribution is 8.06. The molecule has 0 aromatic rings. The molecule has 0 rings (SSSR count). The summed E-state index contributed by atoms with van der Waals surface area (Å²) in [5.74, 6) is -0.654. The molecule has 0 spiro atoms. The molecule has 0 saturated heterocycles. The Kier molecular flexibility index (Phi) is 2.56. The van der Waals surface area contributed by atoms with E-state index in [-0.39, 0.29) is 0 Å². The predicted octanol–water partition coefficient (Wildman–Crippen LogP) is -1.93. The molecule has 8 heavy (non-hydrogen) atoms. The Bertz CT molecular complexity index is 140. The second-order valence-electron chi connectivity index (χ2n) is 1.17. The molecule has 6 heteroatoms. The van der Waals surface area contributed by atoms with Crippen molar-refractivity contribution in [2.75, 3.05) is 0 Å². The summed E-state index contributed by atoms with van der Waals surface area (Å²) >= 11 is 3.83. The van der Waals surface area contributed by atoms with E-state index in [1.54, 1.807) is 5.09 Å². The van der Waals surface area contributed by atoms with E-state index >= 15 is 0 Å². The second kappa shape index (κ2) is 2.55. The molecule has 4 nitrogen and oxygen atoms in total. The Labute approximate surface area is 51.8 Å². The van der Waals surface area contributed by atoms with E-state index in [0.29, 0.717) is 0 Å². The van der Waals surface area contributed by atoms with Crippen LogP contribution in [0, 0.1) is 0 Å². The van der Waals surface area contributed by atoms with Gasteiger partial charge in [0.1, 0.15) is 0 Å². The molecule has 48 valence electrons. The Balaban J connectivity index is 3.74. The van der Waals surface area contributed by atoms with Gasteiger partial charge in [-0.15, -0.1) is 18.4 Å². The van der Waals surface area contributed by atoms with Crippen LogP contribution in [0.4, 0.5) is 0 Å². The van der Waals surface area contributed by atoms with Crippen LogP contribution in [0.5, 0.6) is 0 Å². The minimum atomic E-state index is -3.99. The lowest BCUT2D eigenvalue weighted by atomic mass is 10.8. The van der Waals surface area contributed by atoms with Crippen molar-refractivity contribution in [1.82, 2.24) is 5.09 Å². The number of hydrogen-bond donors (Lipinski definition) is 1. The Morgan fingerprint density at radius 2 is 2.12 bits per heavy atom. The van der Waals surface area contributed by atoms with E-state index in [2.05, 4.69) is 11.8 Å². The third-order valence-corrected chi connectivity index (χ3v) is 1.16. The fraction of sp³-hybridized carbons (Fsp3) is 0.500. The molecule has 0 unspecified atom stereocenters. The van der Waals surface area contributed by atoms with E-state index in [9.17, 15) is 14.6 Å². The van der Waals surface area contributed by atoms with E-state index in [1.807, 2.05) is 0 Å². The lowest BCUT2D eigenvalue weighted by molar-refractivity contribution is -0.297. The van der Waals surface area contributed by atoms with Crippen molar-refractivity contribution < 1.29 is 14.6 Å². The first-order chi connectivity index (χ1) is 3.42. The summed E-state index contributed by atoms with van der Waals surface area (Å²) in [7, 11) is 0. The van der Waals surface area contributed by atoms with Gasteiger partial charge in [-0.1, -0.05) is 0 Å². The molecule has 0 aliphatic heterocycles. The van der Waals surface area contributed by atoms with Gasteiger partial charge in [0.2, 0.25) is 5.91 Å². The standard InChI is InChI=1S/C2H6NO3PS/c1-2(4)3-7(5,6)8/h1H3,(H3,3,4,5,6,8)/p-2. The molecule has 0 radical (unpaired) electrons. The lowest BCUT2D eigenvalue weighted by Gasteiger charge is -2.34. The Hall–Kier alpha value is 0.0400. The highest BCUT2D eigenvalue weighted by Crippen LogP contribution is 2.14. The highest BCUT2D eigenvalue weighted by Gasteiger charge is 1.85. The summed E-state index contributed by atoms with van der Waals surface area (Å²) in [6.45, 7) is -2.91. The summed E-state index contributed by atoms with van der Waals surface area (Å²) in [5, 5.41) is 1.56. The van der Waals surface area contributed by atoms with Crippen LogP contribution in [0.1, 0.15) is 6.92 Å². The second-order valence-corrected chi connectivity index (χ2v) is 3.83. The molecule has 1 amide bonds. The van der Waals surface area contributed by atoms with Crippen molar-refractivity contribution >= 4 is 24.4 Å². The van der Waals surface area contributed by atoms with E-state index < -0.39 is 12.5 Å². The monoisotopic (exact) mass is 153 g/mol. The van der Waals surface area contributed by atoms with Gasteiger partial charge in [-0.05, 0) is 0 Å². The number of rotatable bonds is 1. The third-order valence-electron chi connectivity index (χ3n) is 0.294. The maximum atomic E-state index is 9.95. The average Bonchev–Trinajstić information content (AvgIpc) is 1.21. The summed E-state index contributed by atoms with van der Waals surface area (Å²) < 4.78 is 0. The molecular weight excluding hydrogens is 149 g/mol. The van der Waals surface area contributed by atoms with Crippen molar-refractivity contribution in [2.24, 2.45) is 0 Å². The summed E-state index contributed by atoms with van der Waals surface area (Å²) in [5.41, 5.74) is 0. The maximum Gasteiger partial charge on any atom is 0.218 e. The lowest BCUT2D eigenvalue weighted by Crippen LogP contribution is -2.30. The fourth-order valence-electron chi connectivity index (χ4n) is 0.193. The molecule has 1 N–H and O–H groups in total. The first-order valence-corrected chi connectivity index (χ1v) is 4.36. The van der Waals surface area contributed by atoms with Gasteiger partial charge in [-0.2, -0.15) is 0 Å². The zero-order chi connectivity index (χ0) is 6.78. The molecule has 0 heterocycles. The van der Waals surface area contributed by atoms with Crippen LogP contribution in [0.2, 0.25) is 0 Å². The maximum absolute atomic E-state index is 9.95. The van der Waals surface area contributed by atoms with Crippen LogP contribution < -0.4 is 14.9 Å². The molecule has 0 aromatic carbocycles. The molecule has 0 atom stereocenters. The van der Waals surface area contributed by atoms with Crippen molar-refractivity contribution in [3.05, 3.63) is 0 Å². The SMILES string of the molecule is CC(=O)NP([O-])([O-])=S. The molecule has 0 aliphatic rings. The molecule has 0 aromatic heterocycles. The van der Waals surface area contributed by atoms with E-state index in [4.69, 9.17) is 0 Å². The molecule has 0 saturated carbocycles. The zero-order valence-corrected chi connectivity index (χ0v) is 5.79. The number of carbonyl (C=O) groups is 1. The summed E-state index contributed by atoms with van der Waals surface area (Å²) in [6, 6.07) is 0. The van der Waals surface area contributed by atoms with Crippen molar-refractivity contribution in [3.8, 4) is 0 Å². The van der Waals surface area contributed by atoms with E-state index in [1.165, 1.54) is 0 Å². The molecular formula is C2H4NO3PS-2. The van der Waals surface area contributed by atoms with Crippen LogP contribution in [0.25, 0.3) is 0 Å². The third kappa shape index (κ3) is 6.04. The molecule has 0 fully saturated rings. The number of nitrogens with one attached hydrogen (secondary N) is 1. The smallest absolute Gasteiger partial charge is 0.218 e. The minimum absolute atomic E-state index is 0.654. The van der Waals surface area contributed by atoms with Crippen molar-refractivity contribution in [3.63, 3.8) is 0 Å². The molecule has 0 bridgehead atoms. The zero-order valence-electron chi connectivity index (χ0n) is 4.08. The summed E-state index contributed by atoms with van der Waals surface area (Å²) in [4.78, 5) is 29.8. The van der Waals surface area contributed by atoms with Gasteiger partial charge in [0.15, 0.2) is 0 Å².